The van der Waals surface area contributed by atoms with Crippen LogP contribution in [-0.2, 0) is 6.54 Å². The Morgan fingerprint density at radius 1 is 1.06 bits per heavy atom. The van der Waals surface area contributed by atoms with Crippen LogP contribution < -0.4 is 11.1 Å². The molecule has 10 heteroatoms. The van der Waals surface area contributed by atoms with E-state index in [9.17, 15) is 4.79 Å². The number of halogens is 1. The SMILES string of the molecule is CCCNC(=O)c1nnc2c(-c3cc(-c4cnnc5c4ncn5CC)ccc3F)cccc2c1N. The summed E-state index contributed by atoms with van der Waals surface area (Å²) in [5.74, 6) is -0.818. The minimum Gasteiger partial charge on any atom is -0.396 e. The van der Waals surface area contributed by atoms with Crippen molar-refractivity contribution in [3.8, 4) is 22.3 Å². The lowest BCUT2D eigenvalue weighted by Crippen LogP contribution is -2.26. The summed E-state index contributed by atoms with van der Waals surface area (Å²) in [6, 6.07) is 10.1. The number of carbonyl (C=O) groups is 1. The van der Waals surface area contributed by atoms with Crippen LogP contribution in [0, 0.1) is 5.82 Å². The summed E-state index contributed by atoms with van der Waals surface area (Å²) in [7, 11) is 0. The predicted molar refractivity (Wildman–Crippen MR) is 132 cm³/mol. The number of aromatic nitrogens is 6. The van der Waals surface area contributed by atoms with E-state index in [0.717, 1.165) is 17.5 Å². The van der Waals surface area contributed by atoms with E-state index < -0.39 is 11.7 Å². The molecule has 0 saturated heterocycles. The first-order valence-electron chi connectivity index (χ1n) is 11.3. The van der Waals surface area contributed by atoms with Gasteiger partial charge in [-0.05, 0) is 31.0 Å². The fraction of sp³-hybridized carbons (Fsp3) is 0.200. The van der Waals surface area contributed by atoms with E-state index in [4.69, 9.17) is 5.73 Å². The lowest BCUT2D eigenvalue weighted by atomic mass is 9.97. The fourth-order valence-corrected chi connectivity index (χ4v) is 4.07. The maximum atomic E-state index is 15.1. The lowest BCUT2D eigenvalue weighted by Gasteiger charge is -2.12. The van der Waals surface area contributed by atoms with Gasteiger partial charge in [0.2, 0.25) is 0 Å². The molecule has 3 heterocycles. The molecule has 0 atom stereocenters. The molecular weight excluding hydrogens is 447 g/mol. The highest BCUT2D eigenvalue weighted by Crippen LogP contribution is 2.35. The van der Waals surface area contributed by atoms with Gasteiger partial charge in [-0.3, -0.25) is 4.79 Å². The number of imidazole rings is 1. The summed E-state index contributed by atoms with van der Waals surface area (Å²) < 4.78 is 17.0. The minimum absolute atomic E-state index is 0.0501. The summed E-state index contributed by atoms with van der Waals surface area (Å²) >= 11 is 0. The largest absolute Gasteiger partial charge is 0.396 e. The quantitative estimate of drug-likeness (QED) is 0.384. The van der Waals surface area contributed by atoms with Crippen LogP contribution in [0.5, 0.6) is 0 Å². The number of anilines is 1. The lowest BCUT2D eigenvalue weighted by molar-refractivity contribution is 0.0949. The molecule has 0 aliphatic carbocycles. The van der Waals surface area contributed by atoms with Crippen molar-refractivity contribution in [2.45, 2.75) is 26.8 Å². The van der Waals surface area contributed by atoms with Crippen molar-refractivity contribution in [2.75, 3.05) is 12.3 Å². The Labute approximate surface area is 200 Å². The average molecular weight is 471 g/mol. The maximum absolute atomic E-state index is 15.1. The molecule has 2 aromatic carbocycles. The number of carbonyl (C=O) groups excluding carboxylic acids is 1. The predicted octanol–water partition coefficient (Wildman–Crippen LogP) is 3.98. The van der Waals surface area contributed by atoms with Gasteiger partial charge in [0.25, 0.3) is 5.91 Å². The monoisotopic (exact) mass is 470 g/mol. The first-order chi connectivity index (χ1) is 17.0. The summed E-state index contributed by atoms with van der Waals surface area (Å²) in [6.45, 7) is 5.16. The maximum Gasteiger partial charge on any atom is 0.273 e. The number of nitrogen functional groups attached to an aromatic ring is 1. The molecule has 3 N–H and O–H groups in total. The van der Waals surface area contributed by atoms with Crippen LogP contribution in [0.15, 0.2) is 48.9 Å². The highest BCUT2D eigenvalue weighted by Gasteiger charge is 2.19. The molecule has 3 aromatic heterocycles. The average Bonchev–Trinajstić information content (AvgIpc) is 3.31. The van der Waals surface area contributed by atoms with Crippen molar-refractivity contribution >= 4 is 33.7 Å². The molecule has 176 valence electrons. The molecular formula is C25H23FN8O. The first kappa shape index (κ1) is 22.3. The Balaban J connectivity index is 1.65. The smallest absolute Gasteiger partial charge is 0.273 e. The van der Waals surface area contributed by atoms with Crippen molar-refractivity contribution in [1.29, 1.82) is 0 Å². The van der Waals surface area contributed by atoms with E-state index in [2.05, 4.69) is 30.7 Å². The van der Waals surface area contributed by atoms with Crippen LogP contribution in [0.1, 0.15) is 30.8 Å². The number of benzene rings is 2. The third-order valence-corrected chi connectivity index (χ3v) is 5.89. The molecule has 0 unspecified atom stereocenters. The van der Waals surface area contributed by atoms with Gasteiger partial charge in [0.05, 0.1) is 18.2 Å². The first-order valence-corrected chi connectivity index (χ1v) is 11.3. The van der Waals surface area contributed by atoms with Crippen molar-refractivity contribution < 1.29 is 9.18 Å². The van der Waals surface area contributed by atoms with Crippen LogP contribution in [0.25, 0.3) is 44.3 Å². The molecule has 9 nitrogen and oxygen atoms in total. The normalized spacial score (nSPS) is 11.3. The molecule has 35 heavy (non-hydrogen) atoms. The van der Waals surface area contributed by atoms with E-state index in [-0.39, 0.29) is 11.4 Å². The summed E-state index contributed by atoms with van der Waals surface area (Å²) in [5.41, 5.74) is 10.6. The molecule has 0 spiro atoms. The molecule has 1 amide bonds. The van der Waals surface area contributed by atoms with Crippen molar-refractivity contribution in [2.24, 2.45) is 0 Å². The number of hydrogen-bond acceptors (Lipinski definition) is 7. The van der Waals surface area contributed by atoms with Crippen LogP contribution >= 0.6 is 0 Å². The molecule has 0 radical (unpaired) electrons. The zero-order valence-corrected chi connectivity index (χ0v) is 19.3. The Morgan fingerprint density at radius 2 is 1.91 bits per heavy atom. The minimum atomic E-state index is -0.427. The van der Waals surface area contributed by atoms with Crippen molar-refractivity contribution in [1.82, 2.24) is 35.3 Å². The second-order valence-electron chi connectivity index (χ2n) is 8.08. The second kappa shape index (κ2) is 9.05. The zero-order valence-electron chi connectivity index (χ0n) is 19.3. The van der Waals surface area contributed by atoms with Gasteiger partial charge >= 0.3 is 0 Å². The Kier molecular flexibility index (Phi) is 5.77. The van der Waals surface area contributed by atoms with Gasteiger partial charge in [-0.2, -0.15) is 5.10 Å². The zero-order chi connectivity index (χ0) is 24.5. The molecule has 0 fully saturated rings. The van der Waals surface area contributed by atoms with Crippen LogP contribution in [0.4, 0.5) is 10.1 Å². The molecule has 5 aromatic rings. The van der Waals surface area contributed by atoms with Gasteiger partial charge in [0, 0.05) is 35.2 Å². The summed E-state index contributed by atoms with van der Waals surface area (Å²) in [6.07, 6.45) is 4.11. The number of nitrogens with zero attached hydrogens (tertiary/aromatic N) is 6. The van der Waals surface area contributed by atoms with Crippen LogP contribution in [0.3, 0.4) is 0 Å². The summed E-state index contributed by atoms with van der Waals surface area (Å²) in [4.78, 5) is 16.9. The molecule has 5 rings (SSSR count). The van der Waals surface area contributed by atoms with Crippen LogP contribution in [-0.4, -0.2) is 42.4 Å². The Hall–Kier alpha value is -4.47. The Bertz CT molecular complexity index is 1580. The third-order valence-electron chi connectivity index (χ3n) is 5.89. The Morgan fingerprint density at radius 3 is 2.71 bits per heavy atom. The van der Waals surface area contributed by atoms with Crippen molar-refractivity contribution in [3.63, 3.8) is 0 Å². The second-order valence-corrected chi connectivity index (χ2v) is 8.08. The van der Waals surface area contributed by atoms with E-state index in [0.29, 0.717) is 46.3 Å². The van der Waals surface area contributed by atoms with Gasteiger partial charge < -0.3 is 15.6 Å². The van der Waals surface area contributed by atoms with E-state index in [1.54, 1.807) is 42.9 Å². The van der Waals surface area contributed by atoms with E-state index in [1.807, 2.05) is 18.4 Å². The number of amides is 1. The molecule has 0 aliphatic rings. The fourth-order valence-electron chi connectivity index (χ4n) is 4.07. The summed E-state index contributed by atoms with van der Waals surface area (Å²) in [5, 5.41) is 19.9. The third kappa shape index (κ3) is 3.82. The molecule has 0 bridgehead atoms. The van der Waals surface area contributed by atoms with Gasteiger partial charge in [0.15, 0.2) is 11.3 Å². The van der Waals surface area contributed by atoms with E-state index in [1.165, 1.54) is 6.07 Å². The van der Waals surface area contributed by atoms with Crippen molar-refractivity contribution in [3.05, 3.63) is 60.4 Å². The number of nitrogens with two attached hydrogens (primary N) is 1. The van der Waals surface area contributed by atoms with Crippen LogP contribution in [0.2, 0.25) is 0 Å². The van der Waals surface area contributed by atoms with Gasteiger partial charge in [-0.15, -0.1) is 15.3 Å². The number of aryl methyl sites for hydroxylation is 1. The van der Waals surface area contributed by atoms with E-state index >= 15 is 4.39 Å². The highest BCUT2D eigenvalue weighted by atomic mass is 19.1. The van der Waals surface area contributed by atoms with Gasteiger partial charge in [0.1, 0.15) is 16.9 Å². The standard InChI is InChI=1S/C25H23FN8O/c1-3-10-28-25(35)23-20(27)16-7-5-6-15(21(16)31-32-23)17-11-14(8-9-19(17)26)18-12-30-33-24-22(18)29-13-34(24)4-2/h5-9,11-13H,3-4,10H2,1-2H3,(H2,27,31)(H,28,35). The molecule has 0 aliphatic heterocycles. The number of rotatable bonds is 6. The van der Waals surface area contributed by atoms with Gasteiger partial charge in [-0.1, -0.05) is 31.2 Å². The number of hydrogen-bond donors (Lipinski definition) is 2. The highest BCUT2D eigenvalue weighted by molar-refractivity contribution is 6.07. The van der Waals surface area contributed by atoms with Gasteiger partial charge in [-0.25, -0.2) is 9.37 Å². The number of nitrogens with one attached hydrogen (secondary N) is 1. The topological polar surface area (TPSA) is 125 Å². The molecule has 0 saturated carbocycles. The number of fused-ring (bicyclic) bond motifs is 2.